The van der Waals surface area contributed by atoms with E-state index in [0.29, 0.717) is 22.8 Å². The molecule has 4 rings (SSSR count). The first kappa shape index (κ1) is 16.7. The molecule has 6 nitrogen and oxygen atoms in total. The number of para-hydroxylation sites is 1. The summed E-state index contributed by atoms with van der Waals surface area (Å²) in [5, 5.41) is 1.07. The molecule has 0 aliphatic carbocycles. The minimum Gasteiger partial charge on any atom is -0.494 e. The maximum Gasteiger partial charge on any atom is 0.265 e. The van der Waals surface area contributed by atoms with Gasteiger partial charge in [-0.05, 0) is 37.3 Å². The summed E-state index contributed by atoms with van der Waals surface area (Å²) >= 11 is 1.26. The second kappa shape index (κ2) is 6.54. The lowest BCUT2D eigenvalue weighted by Crippen LogP contribution is -2.13. The molecular formula is C18H15N3O3S2. The third-order valence-electron chi connectivity index (χ3n) is 3.78. The highest BCUT2D eigenvalue weighted by molar-refractivity contribution is 7.93. The van der Waals surface area contributed by atoms with Crippen molar-refractivity contribution in [1.82, 2.24) is 9.97 Å². The average molecular weight is 385 g/mol. The van der Waals surface area contributed by atoms with Crippen molar-refractivity contribution in [1.29, 1.82) is 0 Å². The highest BCUT2D eigenvalue weighted by atomic mass is 32.2. The Bertz CT molecular complexity index is 1200. The summed E-state index contributed by atoms with van der Waals surface area (Å²) in [5.41, 5.74) is 1.15. The topological polar surface area (TPSA) is 81.2 Å². The molecule has 0 atom stereocenters. The van der Waals surface area contributed by atoms with Crippen LogP contribution in [0, 0.1) is 0 Å². The molecule has 0 saturated heterocycles. The molecule has 0 unspecified atom stereocenters. The first-order valence-electron chi connectivity index (χ1n) is 7.97. The molecule has 0 fully saturated rings. The summed E-state index contributed by atoms with van der Waals surface area (Å²) in [6, 6.07) is 14.2. The van der Waals surface area contributed by atoms with Crippen molar-refractivity contribution in [3.05, 3.63) is 54.7 Å². The van der Waals surface area contributed by atoms with E-state index in [9.17, 15) is 8.42 Å². The molecule has 0 radical (unpaired) electrons. The number of hydrogen-bond donors (Lipinski definition) is 1. The maximum atomic E-state index is 12.9. The molecule has 0 aliphatic heterocycles. The number of ether oxygens (including phenoxy) is 1. The lowest BCUT2D eigenvalue weighted by atomic mass is 10.2. The Balaban J connectivity index is 1.72. The van der Waals surface area contributed by atoms with Crippen molar-refractivity contribution in [3.8, 4) is 5.75 Å². The second-order valence-corrected chi connectivity index (χ2v) is 8.20. The lowest BCUT2D eigenvalue weighted by molar-refractivity contribution is 0.341. The fourth-order valence-corrected chi connectivity index (χ4v) is 4.98. The molecule has 0 bridgehead atoms. The van der Waals surface area contributed by atoms with Crippen LogP contribution >= 0.6 is 11.3 Å². The van der Waals surface area contributed by atoms with E-state index in [2.05, 4.69) is 14.7 Å². The van der Waals surface area contributed by atoms with Gasteiger partial charge in [0.2, 0.25) is 0 Å². The Kier molecular flexibility index (Phi) is 4.21. The molecule has 2 heterocycles. The van der Waals surface area contributed by atoms with Crippen LogP contribution in [0.2, 0.25) is 0 Å². The lowest BCUT2D eigenvalue weighted by Gasteiger charge is -2.07. The third-order valence-corrected chi connectivity index (χ3v) is 6.21. The van der Waals surface area contributed by atoms with Gasteiger partial charge in [-0.25, -0.2) is 13.4 Å². The second-order valence-electron chi connectivity index (χ2n) is 5.52. The van der Waals surface area contributed by atoms with Crippen LogP contribution in [-0.4, -0.2) is 25.0 Å². The van der Waals surface area contributed by atoms with E-state index in [1.165, 1.54) is 17.4 Å². The number of benzene rings is 2. The van der Waals surface area contributed by atoms with Gasteiger partial charge in [0, 0.05) is 11.6 Å². The Morgan fingerprint density at radius 3 is 2.85 bits per heavy atom. The van der Waals surface area contributed by atoms with Gasteiger partial charge in [0.05, 0.1) is 22.3 Å². The van der Waals surface area contributed by atoms with Crippen LogP contribution in [0.25, 0.3) is 21.1 Å². The number of nitrogens with zero attached hydrogens (tertiary/aromatic N) is 2. The predicted octanol–water partition coefficient (Wildman–Crippen LogP) is 4.04. The summed E-state index contributed by atoms with van der Waals surface area (Å²) in [7, 11) is -3.80. The molecule has 0 spiro atoms. The number of hydrogen-bond acceptors (Lipinski definition) is 6. The zero-order chi connectivity index (χ0) is 18.1. The van der Waals surface area contributed by atoms with Crippen molar-refractivity contribution in [2.75, 3.05) is 11.3 Å². The van der Waals surface area contributed by atoms with Gasteiger partial charge in [-0.15, -0.1) is 0 Å². The van der Waals surface area contributed by atoms with E-state index in [1.54, 1.807) is 18.3 Å². The fourth-order valence-electron chi connectivity index (χ4n) is 2.67. The standard InChI is InChI=1S/C18H15N3O3S2/c1-2-24-13-8-9-14-15(11-13)25-18(20-14)21-26(22,23)16-7-3-5-12-6-4-10-19-17(12)16/h3-11H,2H2,1H3,(H,20,21). The molecule has 26 heavy (non-hydrogen) atoms. The zero-order valence-electron chi connectivity index (χ0n) is 13.8. The van der Waals surface area contributed by atoms with E-state index in [0.717, 1.165) is 15.8 Å². The summed E-state index contributed by atoms with van der Waals surface area (Å²) in [6.07, 6.45) is 1.58. The van der Waals surface area contributed by atoms with E-state index >= 15 is 0 Å². The molecule has 8 heteroatoms. The number of fused-ring (bicyclic) bond motifs is 2. The molecule has 0 aliphatic rings. The Morgan fingerprint density at radius 1 is 1.15 bits per heavy atom. The molecule has 4 aromatic rings. The predicted molar refractivity (Wildman–Crippen MR) is 103 cm³/mol. The van der Waals surface area contributed by atoms with Crippen molar-refractivity contribution in [2.24, 2.45) is 0 Å². The van der Waals surface area contributed by atoms with Crippen LogP contribution in [0.4, 0.5) is 5.13 Å². The first-order chi connectivity index (χ1) is 12.6. The number of anilines is 1. The molecular weight excluding hydrogens is 370 g/mol. The monoisotopic (exact) mass is 385 g/mol. The van der Waals surface area contributed by atoms with Crippen molar-refractivity contribution < 1.29 is 13.2 Å². The number of thiazole rings is 1. The van der Waals surface area contributed by atoms with Gasteiger partial charge in [0.15, 0.2) is 5.13 Å². The van der Waals surface area contributed by atoms with E-state index in [1.807, 2.05) is 37.3 Å². The molecule has 1 N–H and O–H groups in total. The number of pyridine rings is 1. The first-order valence-corrected chi connectivity index (χ1v) is 10.3. The smallest absolute Gasteiger partial charge is 0.265 e. The molecule has 0 saturated carbocycles. The van der Waals surface area contributed by atoms with E-state index in [4.69, 9.17) is 4.74 Å². The van der Waals surface area contributed by atoms with Crippen LogP contribution in [0.1, 0.15) is 6.92 Å². The van der Waals surface area contributed by atoms with Gasteiger partial charge in [-0.3, -0.25) is 9.71 Å². The minimum absolute atomic E-state index is 0.130. The number of aromatic nitrogens is 2. The molecule has 0 amide bonds. The maximum absolute atomic E-state index is 12.9. The van der Waals surface area contributed by atoms with Gasteiger partial charge < -0.3 is 4.74 Å². The molecule has 2 aromatic heterocycles. The van der Waals surface area contributed by atoms with Crippen molar-refractivity contribution in [3.63, 3.8) is 0 Å². The van der Waals surface area contributed by atoms with Crippen molar-refractivity contribution in [2.45, 2.75) is 11.8 Å². The van der Waals surface area contributed by atoms with E-state index < -0.39 is 10.0 Å². The number of rotatable bonds is 5. The zero-order valence-corrected chi connectivity index (χ0v) is 15.5. The SMILES string of the molecule is CCOc1ccc2nc(NS(=O)(=O)c3cccc4cccnc34)sc2c1. The van der Waals surface area contributed by atoms with E-state index in [-0.39, 0.29) is 4.90 Å². The highest BCUT2D eigenvalue weighted by Gasteiger charge is 2.20. The number of sulfonamides is 1. The van der Waals surface area contributed by atoms with Gasteiger partial charge in [-0.1, -0.05) is 29.5 Å². The summed E-state index contributed by atoms with van der Waals surface area (Å²) in [5.74, 6) is 0.733. The van der Waals surface area contributed by atoms with Crippen molar-refractivity contribution >= 4 is 47.6 Å². The summed E-state index contributed by atoms with van der Waals surface area (Å²) in [4.78, 5) is 8.70. The Labute approximate surface area is 154 Å². The van der Waals surface area contributed by atoms with Gasteiger partial charge in [-0.2, -0.15) is 0 Å². The largest absolute Gasteiger partial charge is 0.494 e. The normalized spacial score (nSPS) is 11.7. The van der Waals surface area contributed by atoms with Crippen LogP contribution in [-0.2, 0) is 10.0 Å². The Hall–Kier alpha value is -2.71. The molecule has 2 aromatic carbocycles. The van der Waals surface area contributed by atoms with Crippen LogP contribution in [0.3, 0.4) is 0 Å². The average Bonchev–Trinajstić information content (AvgIpc) is 3.02. The van der Waals surface area contributed by atoms with Gasteiger partial charge >= 0.3 is 0 Å². The highest BCUT2D eigenvalue weighted by Crippen LogP contribution is 2.31. The third kappa shape index (κ3) is 3.09. The van der Waals surface area contributed by atoms with Crippen LogP contribution < -0.4 is 9.46 Å². The summed E-state index contributed by atoms with van der Waals surface area (Å²) < 4.78 is 34.6. The summed E-state index contributed by atoms with van der Waals surface area (Å²) in [6.45, 7) is 2.48. The minimum atomic E-state index is -3.80. The fraction of sp³-hybridized carbons (Fsp3) is 0.111. The number of nitrogens with one attached hydrogen (secondary N) is 1. The van der Waals surface area contributed by atoms with Gasteiger partial charge in [0.1, 0.15) is 10.6 Å². The quantitative estimate of drug-likeness (QED) is 0.561. The van der Waals surface area contributed by atoms with Crippen LogP contribution in [0.15, 0.2) is 59.6 Å². The van der Waals surface area contributed by atoms with Crippen LogP contribution in [0.5, 0.6) is 5.75 Å². The van der Waals surface area contributed by atoms with Gasteiger partial charge in [0.25, 0.3) is 10.0 Å². The molecule has 132 valence electrons. The Morgan fingerprint density at radius 2 is 2.00 bits per heavy atom.